The molecule has 1 heteroatoms. The van der Waals surface area contributed by atoms with E-state index in [9.17, 15) is 0 Å². The van der Waals surface area contributed by atoms with E-state index < -0.39 is 0 Å². The van der Waals surface area contributed by atoms with Crippen LogP contribution < -0.4 is 5.73 Å². The van der Waals surface area contributed by atoms with E-state index in [1.165, 1.54) is 27.8 Å². The summed E-state index contributed by atoms with van der Waals surface area (Å²) < 4.78 is 0. The first-order chi connectivity index (χ1) is 9.10. The van der Waals surface area contributed by atoms with Gasteiger partial charge in [0.1, 0.15) is 0 Å². The molecule has 0 saturated carbocycles. The molecule has 0 fully saturated rings. The number of aryl methyl sites for hydroxylation is 3. The molecule has 2 rings (SSSR count). The van der Waals surface area contributed by atoms with Crippen LogP contribution in [0.15, 0.2) is 42.5 Å². The number of hydrogen-bond donors (Lipinski definition) is 1. The molecule has 0 amide bonds. The van der Waals surface area contributed by atoms with Crippen LogP contribution in [0.5, 0.6) is 0 Å². The molecule has 100 valence electrons. The van der Waals surface area contributed by atoms with Crippen LogP contribution in [0.1, 0.15) is 40.8 Å². The van der Waals surface area contributed by atoms with E-state index in [1.54, 1.807) is 0 Å². The van der Waals surface area contributed by atoms with Crippen molar-refractivity contribution in [3.8, 4) is 0 Å². The largest absolute Gasteiger partial charge is 0.324 e. The summed E-state index contributed by atoms with van der Waals surface area (Å²) >= 11 is 0. The molecular formula is C18H23N. The fraction of sp³-hybridized carbons (Fsp3) is 0.333. The van der Waals surface area contributed by atoms with Crippen LogP contribution in [0.3, 0.4) is 0 Å². The summed E-state index contributed by atoms with van der Waals surface area (Å²) in [4.78, 5) is 0. The molecule has 0 aliphatic heterocycles. The minimum atomic E-state index is 0.0774. The Bertz CT molecular complexity index is 557. The number of hydrogen-bond acceptors (Lipinski definition) is 1. The topological polar surface area (TPSA) is 26.0 Å². The lowest BCUT2D eigenvalue weighted by Crippen LogP contribution is -2.13. The van der Waals surface area contributed by atoms with E-state index in [-0.39, 0.29) is 6.04 Å². The molecular weight excluding hydrogens is 230 g/mol. The van der Waals surface area contributed by atoms with E-state index in [4.69, 9.17) is 5.73 Å². The van der Waals surface area contributed by atoms with Gasteiger partial charge in [0, 0.05) is 6.04 Å². The van der Waals surface area contributed by atoms with Crippen molar-refractivity contribution in [3.05, 3.63) is 70.3 Å². The summed E-state index contributed by atoms with van der Waals surface area (Å²) in [7, 11) is 0. The zero-order valence-electron chi connectivity index (χ0n) is 12.1. The predicted molar refractivity (Wildman–Crippen MR) is 82.4 cm³/mol. The molecule has 0 spiro atoms. The van der Waals surface area contributed by atoms with Gasteiger partial charge in [-0.05, 0) is 54.5 Å². The van der Waals surface area contributed by atoms with Crippen LogP contribution in [-0.4, -0.2) is 0 Å². The first-order valence-electron chi connectivity index (χ1n) is 7.00. The average molecular weight is 253 g/mol. The van der Waals surface area contributed by atoms with Crippen molar-refractivity contribution >= 4 is 0 Å². The van der Waals surface area contributed by atoms with Gasteiger partial charge in [-0.2, -0.15) is 0 Å². The molecule has 0 saturated heterocycles. The maximum Gasteiger partial charge on any atom is 0.0335 e. The number of nitrogens with two attached hydrogens (primary N) is 1. The van der Waals surface area contributed by atoms with Crippen LogP contribution in [0, 0.1) is 13.8 Å². The number of rotatable bonds is 4. The second kappa shape index (κ2) is 6.03. The Morgan fingerprint density at radius 1 is 0.947 bits per heavy atom. The van der Waals surface area contributed by atoms with Gasteiger partial charge in [-0.15, -0.1) is 0 Å². The molecule has 0 radical (unpaired) electrons. The highest BCUT2D eigenvalue weighted by atomic mass is 14.6. The molecule has 1 atom stereocenters. The normalized spacial score (nSPS) is 12.4. The second-order valence-electron chi connectivity index (χ2n) is 5.33. The third-order valence-corrected chi connectivity index (χ3v) is 3.81. The lowest BCUT2D eigenvalue weighted by Gasteiger charge is -2.14. The number of benzene rings is 2. The van der Waals surface area contributed by atoms with E-state index in [0.29, 0.717) is 0 Å². The van der Waals surface area contributed by atoms with Crippen LogP contribution in [-0.2, 0) is 12.8 Å². The summed E-state index contributed by atoms with van der Waals surface area (Å²) in [6, 6.07) is 15.3. The van der Waals surface area contributed by atoms with Gasteiger partial charge in [-0.3, -0.25) is 0 Å². The fourth-order valence-electron chi connectivity index (χ4n) is 2.35. The second-order valence-corrected chi connectivity index (χ2v) is 5.33. The van der Waals surface area contributed by atoms with E-state index in [1.807, 2.05) is 0 Å². The highest BCUT2D eigenvalue weighted by Gasteiger charge is 2.08. The Hall–Kier alpha value is -1.60. The van der Waals surface area contributed by atoms with Crippen molar-refractivity contribution in [2.45, 2.75) is 39.7 Å². The molecule has 0 aliphatic rings. The van der Waals surface area contributed by atoms with Crippen molar-refractivity contribution < 1.29 is 0 Å². The average Bonchev–Trinajstić information content (AvgIpc) is 2.43. The van der Waals surface area contributed by atoms with Crippen LogP contribution in [0.4, 0.5) is 0 Å². The zero-order chi connectivity index (χ0) is 13.8. The van der Waals surface area contributed by atoms with Gasteiger partial charge in [0.2, 0.25) is 0 Å². The molecule has 0 bridgehead atoms. The molecule has 19 heavy (non-hydrogen) atoms. The first kappa shape index (κ1) is 13.8. The maximum absolute atomic E-state index is 6.34. The monoisotopic (exact) mass is 253 g/mol. The van der Waals surface area contributed by atoms with Gasteiger partial charge in [0.25, 0.3) is 0 Å². The molecule has 1 unspecified atom stereocenters. The standard InChI is InChI=1S/C18H23N/c1-4-15-6-5-7-17(11-15)18(19)12-16-9-8-13(2)14(3)10-16/h5-11,18H,4,12,19H2,1-3H3. The van der Waals surface area contributed by atoms with Gasteiger partial charge in [0.05, 0.1) is 0 Å². The smallest absolute Gasteiger partial charge is 0.0335 e. The van der Waals surface area contributed by atoms with Gasteiger partial charge in [-0.1, -0.05) is 49.4 Å². The van der Waals surface area contributed by atoms with Gasteiger partial charge >= 0.3 is 0 Å². The lowest BCUT2D eigenvalue weighted by atomic mass is 9.96. The van der Waals surface area contributed by atoms with Crippen molar-refractivity contribution in [2.75, 3.05) is 0 Å². The van der Waals surface area contributed by atoms with Gasteiger partial charge in [-0.25, -0.2) is 0 Å². The summed E-state index contributed by atoms with van der Waals surface area (Å²) in [5.74, 6) is 0. The van der Waals surface area contributed by atoms with Crippen molar-refractivity contribution in [2.24, 2.45) is 5.73 Å². The Morgan fingerprint density at radius 3 is 2.42 bits per heavy atom. The Kier molecular flexibility index (Phi) is 4.39. The van der Waals surface area contributed by atoms with Crippen molar-refractivity contribution in [1.82, 2.24) is 0 Å². The third kappa shape index (κ3) is 3.45. The highest BCUT2D eigenvalue weighted by Crippen LogP contribution is 2.19. The highest BCUT2D eigenvalue weighted by molar-refractivity contribution is 5.32. The maximum atomic E-state index is 6.34. The van der Waals surface area contributed by atoms with Crippen LogP contribution in [0.25, 0.3) is 0 Å². The van der Waals surface area contributed by atoms with E-state index in [0.717, 1.165) is 12.8 Å². The SMILES string of the molecule is CCc1cccc(C(N)Cc2ccc(C)c(C)c2)c1. The summed E-state index contributed by atoms with van der Waals surface area (Å²) in [6.07, 6.45) is 1.96. The van der Waals surface area contributed by atoms with Crippen LogP contribution >= 0.6 is 0 Å². The van der Waals surface area contributed by atoms with Gasteiger partial charge in [0.15, 0.2) is 0 Å². The summed E-state index contributed by atoms with van der Waals surface area (Å²) in [6.45, 7) is 6.47. The minimum Gasteiger partial charge on any atom is -0.324 e. The predicted octanol–water partition coefficient (Wildman–Crippen LogP) is 4.11. The molecule has 1 nitrogen and oxygen atoms in total. The Labute approximate surface area is 116 Å². The molecule has 0 aromatic heterocycles. The Morgan fingerprint density at radius 2 is 1.74 bits per heavy atom. The fourth-order valence-corrected chi connectivity index (χ4v) is 2.35. The zero-order valence-corrected chi connectivity index (χ0v) is 12.1. The van der Waals surface area contributed by atoms with E-state index in [2.05, 4.69) is 63.2 Å². The van der Waals surface area contributed by atoms with Crippen molar-refractivity contribution in [1.29, 1.82) is 0 Å². The van der Waals surface area contributed by atoms with Crippen molar-refractivity contribution in [3.63, 3.8) is 0 Å². The molecule has 2 aromatic rings. The van der Waals surface area contributed by atoms with Gasteiger partial charge < -0.3 is 5.73 Å². The summed E-state index contributed by atoms with van der Waals surface area (Å²) in [5.41, 5.74) is 12.9. The quantitative estimate of drug-likeness (QED) is 0.872. The minimum absolute atomic E-state index is 0.0774. The Balaban J connectivity index is 2.15. The molecule has 2 aromatic carbocycles. The van der Waals surface area contributed by atoms with E-state index >= 15 is 0 Å². The summed E-state index contributed by atoms with van der Waals surface area (Å²) in [5, 5.41) is 0. The lowest BCUT2D eigenvalue weighted by molar-refractivity contribution is 0.720. The molecule has 2 N–H and O–H groups in total. The first-order valence-corrected chi connectivity index (χ1v) is 7.00. The van der Waals surface area contributed by atoms with Crippen LogP contribution in [0.2, 0.25) is 0 Å². The molecule has 0 aliphatic carbocycles. The molecule has 0 heterocycles. The third-order valence-electron chi connectivity index (χ3n) is 3.81.